The van der Waals surface area contributed by atoms with Crippen LogP contribution in [0, 0.1) is 38.0 Å². The molecule has 1 aromatic rings. The third kappa shape index (κ3) is 7.72. The zero-order valence-corrected chi connectivity index (χ0v) is 18.7. The number of carbonyl (C=O) groups is 2. The molecule has 0 aliphatic rings. The number of rotatable bonds is 10. The normalized spacial score (nSPS) is 13.9. The minimum Gasteiger partial charge on any atom is -0.382 e. The van der Waals surface area contributed by atoms with Crippen LogP contribution in [0.1, 0.15) is 67.6 Å². The molecule has 2 unspecified atom stereocenters. The van der Waals surface area contributed by atoms with Crippen LogP contribution in [0.25, 0.3) is 0 Å². The van der Waals surface area contributed by atoms with E-state index in [0.717, 1.165) is 23.1 Å². The predicted octanol–water partition coefficient (Wildman–Crippen LogP) is 4.99. The summed E-state index contributed by atoms with van der Waals surface area (Å²) >= 11 is 0. The van der Waals surface area contributed by atoms with Crippen molar-refractivity contribution < 1.29 is 24.1 Å². The molecule has 0 heterocycles. The van der Waals surface area contributed by atoms with Crippen molar-refractivity contribution in [3.05, 3.63) is 34.4 Å². The Hall–Kier alpha value is -1.72. The number of carbonyl (C=O) groups excluding carboxylic acids is 2. The van der Waals surface area contributed by atoms with E-state index in [1.165, 1.54) is 7.11 Å². The first-order valence-corrected chi connectivity index (χ1v) is 9.90. The van der Waals surface area contributed by atoms with Crippen LogP contribution in [0.2, 0.25) is 0 Å². The lowest BCUT2D eigenvalue weighted by atomic mass is 9.79. The molecule has 0 aliphatic heterocycles. The van der Waals surface area contributed by atoms with Gasteiger partial charge in [-0.05, 0) is 56.1 Å². The van der Waals surface area contributed by atoms with Gasteiger partial charge in [0.1, 0.15) is 12.5 Å². The minimum absolute atomic E-state index is 0.113. The Bertz CT molecular complexity index is 649. The van der Waals surface area contributed by atoms with E-state index in [0.29, 0.717) is 18.6 Å². The molecule has 0 bridgehead atoms. The van der Waals surface area contributed by atoms with Gasteiger partial charge in [0, 0.05) is 12.7 Å². The van der Waals surface area contributed by atoms with E-state index in [1.54, 1.807) is 0 Å². The molecule has 0 amide bonds. The molecule has 0 spiro atoms. The Morgan fingerprint density at radius 1 is 1.04 bits per heavy atom. The van der Waals surface area contributed by atoms with Gasteiger partial charge in [-0.1, -0.05) is 45.4 Å². The molecule has 0 aromatic heterocycles. The Labute approximate surface area is 169 Å². The van der Waals surface area contributed by atoms with E-state index in [1.807, 2.05) is 32.9 Å². The maximum atomic E-state index is 13.3. The molecule has 2 atom stereocenters. The second-order valence-electron chi connectivity index (χ2n) is 9.01. The summed E-state index contributed by atoms with van der Waals surface area (Å²) in [6, 6.07) is 3.94. The number of Topliss-reactive ketones (excluding diaryl/α,β-unsaturated/α-hetero) is 1. The molecule has 0 saturated carbocycles. The Balaban J connectivity index is 3.08. The van der Waals surface area contributed by atoms with E-state index in [-0.39, 0.29) is 23.7 Å². The third-order valence-corrected chi connectivity index (χ3v) is 4.64. The molecule has 0 fully saturated rings. The number of hydrogen-bond acceptors (Lipinski definition) is 5. The average molecular weight is 393 g/mol. The zero-order chi connectivity index (χ0) is 21.5. The summed E-state index contributed by atoms with van der Waals surface area (Å²) in [6.45, 7) is 14.8. The van der Waals surface area contributed by atoms with E-state index in [4.69, 9.17) is 14.5 Å². The molecule has 5 nitrogen and oxygen atoms in total. The molecule has 158 valence electrons. The molecule has 1 aromatic carbocycles. The molecule has 28 heavy (non-hydrogen) atoms. The lowest BCUT2D eigenvalue weighted by Crippen LogP contribution is -2.30. The highest BCUT2D eigenvalue weighted by atomic mass is 17.2. The highest BCUT2D eigenvalue weighted by molar-refractivity contribution is 6.10. The summed E-state index contributed by atoms with van der Waals surface area (Å²) < 4.78 is 4.88. The van der Waals surface area contributed by atoms with Gasteiger partial charge in [-0.3, -0.25) is 9.68 Å². The van der Waals surface area contributed by atoms with Crippen molar-refractivity contribution in [1.29, 1.82) is 0 Å². The number of benzene rings is 1. The fraction of sp³-hybridized carbons (Fsp3) is 0.652. The maximum absolute atomic E-state index is 13.3. The molecule has 0 N–H and O–H groups in total. The molecule has 1 rings (SSSR count). The van der Waals surface area contributed by atoms with Gasteiger partial charge in [-0.15, -0.1) is 0 Å². The molecule has 5 heteroatoms. The molecule has 0 radical (unpaired) electrons. The van der Waals surface area contributed by atoms with Gasteiger partial charge in [0.2, 0.25) is 0 Å². The Kier molecular flexibility index (Phi) is 9.31. The topological polar surface area (TPSA) is 61.8 Å². The fourth-order valence-corrected chi connectivity index (χ4v) is 3.86. The first-order chi connectivity index (χ1) is 13.0. The van der Waals surface area contributed by atoms with Crippen LogP contribution in [-0.4, -0.2) is 32.1 Å². The summed E-state index contributed by atoms with van der Waals surface area (Å²) in [5.74, 6) is -1.54. The SMILES string of the molecule is COCCOOC(=O)C(CC(C)CC(C)(C)C)C(=O)c1c(C)cc(C)cc1C. The summed E-state index contributed by atoms with van der Waals surface area (Å²) in [5.41, 5.74) is 3.57. The van der Waals surface area contributed by atoms with Gasteiger partial charge >= 0.3 is 5.97 Å². The number of hydrogen-bond donors (Lipinski definition) is 0. The standard InChI is InChI=1S/C23H36O5/c1-15-11-17(3)20(18(4)12-15)21(24)19(13-16(2)14-23(5,6)7)22(25)28-27-10-9-26-8/h11-12,16,19H,9-10,13-14H2,1-8H3. The first kappa shape index (κ1) is 24.3. The van der Waals surface area contributed by atoms with Gasteiger partial charge in [-0.25, -0.2) is 4.79 Å². The maximum Gasteiger partial charge on any atom is 0.353 e. The zero-order valence-electron chi connectivity index (χ0n) is 18.7. The second kappa shape index (κ2) is 10.7. The van der Waals surface area contributed by atoms with Gasteiger partial charge in [0.05, 0.1) is 6.61 Å². The average Bonchev–Trinajstić information content (AvgIpc) is 2.53. The van der Waals surface area contributed by atoms with Crippen molar-refractivity contribution >= 4 is 11.8 Å². The van der Waals surface area contributed by atoms with Crippen molar-refractivity contribution in [1.82, 2.24) is 0 Å². The smallest absolute Gasteiger partial charge is 0.353 e. The van der Waals surface area contributed by atoms with Crippen molar-refractivity contribution in [2.75, 3.05) is 20.3 Å². The van der Waals surface area contributed by atoms with E-state index in [9.17, 15) is 9.59 Å². The largest absolute Gasteiger partial charge is 0.382 e. The Morgan fingerprint density at radius 3 is 2.11 bits per heavy atom. The van der Waals surface area contributed by atoms with Crippen molar-refractivity contribution in [2.24, 2.45) is 17.3 Å². The van der Waals surface area contributed by atoms with E-state index in [2.05, 4.69) is 27.7 Å². The van der Waals surface area contributed by atoms with Crippen molar-refractivity contribution in [2.45, 2.75) is 61.3 Å². The Morgan fingerprint density at radius 2 is 1.61 bits per heavy atom. The van der Waals surface area contributed by atoms with E-state index < -0.39 is 11.9 Å². The second-order valence-corrected chi connectivity index (χ2v) is 9.01. The van der Waals surface area contributed by atoms with Crippen molar-refractivity contribution in [3.63, 3.8) is 0 Å². The van der Waals surface area contributed by atoms with Crippen LogP contribution in [-0.2, 0) is 19.3 Å². The van der Waals surface area contributed by atoms with Gasteiger partial charge in [-0.2, -0.15) is 4.89 Å². The van der Waals surface area contributed by atoms with Gasteiger partial charge in [0.15, 0.2) is 5.78 Å². The highest BCUT2D eigenvalue weighted by Gasteiger charge is 2.34. The van der Waals surface area contributed by atoms with Crippen LogP contribution >= 0.6 is 0 Å². The lowest BCUT2D eigenvalue weighted by Gasteiger charge is -2.26. The van der Waals surface area contributed by atoms with Crippen molar-refractivity contribution in [3.8, 4) is 0 Å². The van der Waals surface area contributed by atoms with Crippen LogP contribution in [0.5, 0.6) is 0 Å². The quantitative estimate of drug-likeness (QED) is 0.184. The van der Waals surface area contributed by atoms with Crippen LogP contribution in [0.15, 0.2) is 12.1 Å². The van der Waals surface area contributed by atoms with Gasteiger partial charge < -0.3 is 4.74 Å². The highest BCUT2D eigenvalue weighted by Crippen LogP contribution is 2.31. The number of methoxy groups -OCH3 is 1. The fourth-order valence-electron chi connectivity index (χ4n) is 3.86. The molecular weight excluding hydrogens is 356 g/mol. The van der Waals surface area contributed by atoms with Crippen LogP contribution in [0.4, 0.5) is 0 Å². The number of ketones is 1. The van der Waals surface area contributed by atoms with Crippen LogP contribution in [0.3, 0.4) is 0 Å². The summed E-state index contributed by atoms with van der Waals surface area (Å²) in [7, 11) is 1.54. The minimum atomic E-state index is -0.889. The summed E-state index contributed by atoms with van der Waals surface area (Å²) in [4.78, 5) is 35.9. The number of ether oxygens (including phenoxy) is 1. The first-order valence-electron chi connectivity index (χ1n) is 9.90. The summed E-state index contributed by atoms with van der Waals surface area (Å²) in [5, 5.41) is 0. The van der Waals surface area contributed by atoms with E-state index >= 15 is 0 Å². The van der Waals surface area contributed by atoms with Crippen LogP contribution < -0.4 is 0 Å². The number of aryl methyl sites for hydroxylation is 3. The molecule has 0 aliphatic carbocycles. The third-order valence-electron chi connectivity index (χ3n) is 4.64. The predicted molar refractivity (Wildman–Crippen MR) is 110 cm³/mol. The summed E-state index contributed by atoms with van der Waals surface area (Å²) in [6.07, 6.45) is 1.33. The molecule has 0 saturated heterocycles. The molecular formula is C23H36O5. The monoisotopic (exact) mass is 392 g/mol. The lowest BCUT2D eigenvalue weighted by molar-refractivity contribution is -0.278. The van der Waals surface area contributed by atoms with Gasteiger partial charge in [0.25, 0.3) is 0 Å².